The normalized spacial score (nSPS) is 12.2. The lowest BCUT2D eigenvalue weighted by Gasteiger charge is -2.24. The summed E-state index contributed by atoms with van der Waals surface area (Å²) in [5.74, 6) is 3.87. The minimum absolute atomic E-state index is 0.246. The van der Waals surface area contributed by atoms with E-state index in [2.05, 4.69) is 0 Å². The van der Waals surface area contributed by atoms with Gasteiger partial charge in [0.05, 0.1) is 11.3 Å². The van der Waals surface area contributed by atoms with Crippen molar-refractivity contribution < 1.29 is 27.1 Å². The van der Waals surface area contributed by atoms with Gasteiger partial charge in [-0.2, -0.15) is 13.2 Å². The van der Waals surface area contributed by atoms with Gasteiger partial charge < -0.3 is 4.74 Å². The number of carbonyl (C=O) groups excluding carboxylic acids is 1. The largest absolute Gasteiger partial charge is 0.442 e. The van der Waals surface area contributed by atoms with Crippen molar-refractivity contribution in [2.75, 3.05) is 5.01 Å². The minimum Gasteiger partial charge on any atom is -0.442 e. The smallest absolute Gasteiger partial charge is 0.429 e. The Kier molecular flexibility index (Phi) is 4.28. The van der Waals surface area contributed by atoms with E-state index in [4.69, 9.17) is 10.6 Å². The van der Waals surface area contributed by atoms with E-state index in [1.807, 2.05) is 0 Å². The summed E-state index contributed by atoms with van der Waals surface area (Å²) in [5, 5.41) is 0.439. The summed E-state index contributed by atoms with van der Waals surface area (Å²) in [6.07, 6.45) is -5.81. The second-order valence-electron chi connectivity index (χ2n) is 5.01. The zero-order valence-corrected chi connectivity index (χ0v) is 11.1. The van der Waals surface area contributed by atoms with Crippen LogP contribution in [-0.4, -0.2) is 11.7 Å². The maximum atomic E-state index is 13.4. The monoisotopic (exact) mass is 294 g/mol. The van der Waals surface area contributed by atoms with E-state index in [9.17, 15) is 22.4 Å². The van der Waals surface area contributed by atoms with Gasteiger partial charge >= 0.3 is 12.3 Å². The molecule has 0 unspecified atom stereocenters. The van der Waals surface area contributed by atoms with E-state index in [0.29, 0.717) is 17.1 Å². The fourth-order valence-electron chi connectivity index (χ4n) is 1.30. The fraction of sp³-hybridized carbons (Fsp3) is 0.417. The van der Waals surface area contributed by atoms with Crippen molar-refractivity contribution in [1.82, 2.24) is 0 Å². The van der Waals surface area contributed by atoms with Crippen LogP contribution < -0.4 is 10.9 Å². The van der Waals surface area contributed by atoms with E-state index >= 15 is 0 Å². The highest BCUT2D eigenvalue weighted by Crippen LogP contribution is 2.32. The highest BCUT2D eigenvalue weighted by molar-refractivity contribution is 5.86. The van der Waals surface area contributed by atoms with Crippen LogP contribution in [0.5, 0.6) is 0 Å². The van der Waals surface area contributed by atoms with E-state index in [0.717, 1.165) is 6.07 Å². The second-order valence-corrected chi connectivity index (χ2v) is 5.01. The van der Waals surface area contributed by atoms with E-state index < -0.39 is 29.3 Å². The fourth-order valence-corrected chi connectivity index (χ4v) is 1.30. The highest BCUT2D eigenvalue weighted by atomic mass is 19.4. The average Bonchev–Trinajstić information content (AvgIpc) is 2.23. The molecule has 4 nitrogen and oxygen atoms in total. The van der Waals surface area contributed by atoms with Crippen LogP contribution in [0.3, 0.4) is 0 Å². The summed E-state index contributed by atoms with van der Waals surface area (Å²) < 4.78 is 55.4. The number of hydrogen-bond acceptors (Lipinski definition) is 3. The standard InChI is InChI=1S/C12H14F4N2O2/c1-11(2,3)20-10(19)18(17)7-4-5-8(9(13)6-7)12(14,15)16/h4-6H,17H2,1-3H3. The Balaban J connectivity index is 2.99. The Morgan fingerprint density at radius 3 is 2.20 bits per heavy atom. The van der Waals surface area contributed by atoms with Gasteiger partial charge in [-0.15, -0.1) is 0 Å². The van der Waals surface area contributed by atoms with Gasteiger partial charge in [-0.3, -0.25) is 0 Å². The van der Waals surface area contributed by atoms with E-state index in [1.165, 1.54) is 0 Å². The predicted molar refractivity (Wildman–Crippen MR) is 64.3 cm³/mol. The van der Waals surface area contributed by atoms with Gasteiger partial charge in [0.15, 0.2) is 0 Å². The molecule has 0 aromatic heterocycles. The molecule has 0 spiro atoms. The maximum absolute atomic E-state index is 13.4. The van der Waals surface area contributed by atoms with Crippen molar-refractivity contribution in [2.45, 2.75) is 32.5 Å². The highest BCUT2D eigenvalue weighted by Gasteiger charge is 2.34. The molecule has 0 bridgehead atoms. The number of nitrogens with two attached hydrogens (primary N) is 1. The zero-order chi connectivity index (χ0) is 15.7. The number of carbonyl (C=O) groups is 1. The topological polar surface area (TPSA) is 55.6 Å². The number of hydrazine groups is 1. The van der Waals surface area contributed by atoms with Crippen LogP contribution in [-0.2, 0) is 10.9 Å². The molecule has 0 fully saturated rings. The summed E-state index contributed by atoms with van der Waals surface area (Å²) in [4.78, 5) is 11.6. The molecule has 1 rings (SSSR count). The Morgan fingerprint density at radius 1 is 1.25 bits per heavy atom. The molecule has 1 aromatic rings. The van der Waals surface area contributed by atoms with E-state index in [-0.39, 0.29) is 5.69 Å². The summed E-state index contributed by atoms with van der Waals surface area (Å²) in [7, 11) is 0. The van der Waals surface area contributed by atoms with Gasteiger partial charge in [-0.1, -0.05) is 0 Å². The Hall–Kier alpha value is -1.83. The van der Waals surface area contributed by atoms with Crippen LogP contribution in [0.4, 0.5) is 28.0 Å². The molecule has 0 saturated carbocycles. The molecule has 1 amide bonds. The Labute approximate surface area is 113 Å². The number of benzene rings is 1. The third-order valence-electron chi connectivity index (χ3n) is 2.13. The number of alkyl halides is 3. The molecule has 1 aromatic carbocycles. The SMILES string of the molecule is CC(C)(C)OC(=O)N(N)c1ccc(C(F)(F)F)c(F)c1. The molecule has 0 radical (unpaired) electrons. The molecule has 0 heterocycles. The molecular weight excluding hydrogens is 280 g/mol. The van der Waals surface area contributed by atoms with Gasteiger partial charge in [0.2, 0.25) is 0 Å². The first-order valence-corrected chi connectivity index (χ1v) is 5.56. The van der Waals surface area contributed by atoms with Crippen LogP contribution in [0, 0.1) is 5.82 Å². The van der Waals surface area contributed by atoms with Gasteiger partial charge in [-0.25, -0.2) is 20.0 Å². The van der Waals surface area contributed by atoms with Crippen molar-refractivity contribution >= 4 is 11.8 Å². The summed E-state index contributed by atoms with van der Waals surface area (Å²) in [5.41, 5.74) is -2.51. The van der Waals surface area contributed by atoms with Gasteiger partial charge in [0.25, 0.3) is 0 Å². The summed E-state index contributed by atoms with van der Waals surface area (Å²) >= 11 is 0. The molecule has 0 atom stereocenters. The number of halogens is 4. The summed E-state index contributed by atoms with van der Waals surface area (Å²) in [6.45, 7) is 4.77. The lowest BCUT2D eigenvalue weighted by Crippen LogP contribution is -2.41. The van der Waals surface area contributed by atoms with E-state index in [1.54, 1.807) is 20.8 Å². The average molecular weight is 294 g/mol. The Bertz CT molecular complexity index is 509. The van der Waals surface area contributed by atoms with Gasteiger partial charge in [-0.05, 0) is 39.0 Å². The molecule has 0 saturated heterocycles. The molecular formula is C12H14F4N2O2. The first-order valence-electron chi connectivity index (χ1n) is 5.56. The number of rotatable bonds is 1. The first kappa shape index (κ1) is 16.2. The van der Waals surface area contributed by atoms with Crippen LogP contribution in [0.25, 0.3) is 0 Å². The number of nitrogens with zero attached hydrogens (tertiary/aromatic N) is 1. The van der Waals surface area contributed by atoms with Crippen molar-refractivity contribution in [3.05, 3.63) is 29.6 Å². The lowest BCUT2D eigenvalue weighted by molar-refractivity contribution is -0.139. The summed E-state index contributed by atoms with van der Waals surface area (Å²) in [6, 6.07) is 1.91. The van der Waals surface area contributed by atoms with Gasteiger partial charge in [0, 0.05) is 0 Å². The third kappa shape index (κ3) is 4.09. The number of amides is 1. The molecule has 0 aliphatic rings. The van der Waals surface area contributed by atoms with Crippen molar-refractivity contribution in [3.8, 4) is 0 Å². The number of hydrogen-bond donors (Lipinski definition) is 1. The van der Waals surface area contributed by atoms with Crippen LogP contribution in [0.15, 0.2) is 18.2 Å². The number of anilines is 1. The molecule has 2 N–H and O–H groups in total. The van der Waals surface area contributed by atoms with Crippen LogP contribution >= 0.6 is 0 Å². The van der Waals surface area contributed by atoms with Crippen molar-refractivity contribution in [1.29, 1.82) is 0 Å². The molecule has 20 heavy (non-hydrogen) atoms. The zero-order valence-electron chi connectivity index (χ0n) is 11.1. The Morgan fingerprint density at radius 2 is 1.80 bits per heavy atom. The minimum atomic E-state index is -4.81. The van der Waals surface area contributed by atoms with Gasteiger partial charge in [0.1, 0.15) is 11.4 Å². The quantitative estimate of drug-likeness (QED) is 0.373. The van der Waals surface area contributed by atoms with Crippen LogP contribution in [0.1, 0.15) is 26.3 Å². The second kappa shape index (κ2) is 5.28. The number of ether oxygens (including phenoxy) is 1. The van der Waals surface area contributed by atoms with Crippen molar-refractivity contribution in [2.24, 2.45) is 5.84 Å². The van der Waals surface area contributed by atoms with Crippen LogP contribution in [0.2, 0.25) is 0 Å². The molecule has 0 aliphatic heterocycles. The molecule has 112 valence electrons. The third-order valence-corrected chi connectivity index (χ3v) is 2.13. The molecule has 8 heteroatoms. The van der Waals surface area contributed by atoms with Crippen molar-refractivity contribution in [3.63, 3.8) is 0 Å². The first-order chi connectivity index (χ1) is 8.92. The molecule has 0 aliphatic carbocycles. The predicted octanol–water partition coefficient (Wildman–Crippen LogP) is 3.46. The maximum Gasteiger partial charge on any atom is 0.429 e. The lowest BCUT2D eigenvalue weighted by atomic mass is 10.2.